The van der Waals surface area contributed by atoms with Gasteiger partial charge >= 0.3 is 0 Å². The fraction of sp³-hybridized carbons (Fsp3) is 0.625. The van der Waals surface area contributed by atoms with E-state index in [4.69, 9.17) is 16.3 Å². The Balaban J connectivity index is 1.82. The van der Waals surface area contributed by atoms with Gasteiger partial charge in [0.05, 0.1) is 0 Å². The highest BCUT2D eigenvalue weighted by molar-refractivity contribution is 6.31. The molecule has 0 saturated carbocycles. The first-order valence-electron chi connectivity index (χ1n) is 7.39. The SMILES string of the molecule is Clc1ccccc1C1CNCCC1C1CCOCC1. The molecule has 2 fully saturated rings. The lowest BCUT2D eigenvalue weighted by atomic mass is 9.71. The molecule has 3 rings (SSSR count). The molecule has 2 saturated heterocycles. The minimum absolute atomic E-state index is 0.561. The number of ether oxygens (including phenoxy) is 1. The third kappa shape index (κ3) is 2.96. The summed E-state index contributed by atoms with van der Waals surface area (Å²) in [7, 11) is 0. The van der Waals surface area contributed by atoms with E-state index in [9.17, 15) is 0 Å². The van der Waals surface area contributed by atoms with Crippen molar-refractivity contribution in [1.82, 2.24) is 5.32 Å². The molecule has 104 valence electrons. The standard InChI is InChI=1S/C16H22ClNO/c17-16-4-2-1-3-14(16)15-11-18-8-5-13(15)12-6-9-19-10-7-12/h1-4,12-13,15,18H,5-11H2. The summed E-state index contributed by atoms with van der Waals surface area (Å²) in [5.74, 6) is 2.12. The van der Waals surface area contributed by atoms with E-state index in [-0.39, 0.29) is 0 Å². The van der Waals surface area contributed by atoms with Gasteiger partial charge in [-0.3, -0.25) is 0 Å². The monoisotopic (exact) mass is 279 g/mol. The van der Waals surface area contributed by atoms with Crippen LogP contribution in [0.15, 0.2) is 24.3 Å². The second-order valence-corrected chi connectivity index (χ2v) is 6.14. The van der Waals surface area contributed by atoms with Crippen LogP contribution >= 0.6 is 11.6 Å². The molecule has 2 aliphatic heterocycles. The van der Waals surface area contributed by atoms with Crippen LogP contribution in [-0.2, 0) is 4.74 Å². The maximum absolute atomic E-state index is 6.41. The van der Waals surface area contributed by atoms with Crippen LogP contribution in [0.2, 0.25) is 5.02 Å². The number of piperidine rings is 1. The number of hydrogen-bond donors (Lipinski definition) is 1. The zero-order valence-corrected chi connectivity index (χ0v) is 12.0. The van der Waals surface area contributed by atoms with E-state index < -0.39 is 0 Å². The summed E-state index contributed by atoms with van der Waals surface area (Å²) in [6.07, 6.45) is 3.69. The highest BCUT2D eigenvalue weighted by atomic mass is 35.5. The van der Waals surface area contributed by atoms with E-state index in [1.807, 2.05) is 12.1 Å². The van der Waals surface area contributed by atoms with Crippen LogP contribution in [0.5, 0.6) is 0 Å². The van der Waals surface area contributed by atoms with E-state index in [0.717, 1.165) is 43.2 Å². The molecular weight excluding hydrogens is 258 g/mol. The van der Waals surface area contributed by atoms with Gasteiger partial charge in [0.1, 0.15) is 0 Å². The minimum Gasteiger partial charge on any atom is -0.381 e. The molecular formula is C16H22ClNO. The molecule has 0 spiro atoms. The topological polar surface area (TPSA) is 21.3 Å². The third-order valence-corrected chi connectivity index (χ3v) is 5.06. The summed E-state index contributed by atoms with van der Waals surface area (Å²) in [5.41, 5.74) is 1.33. The Morgan fingerprint density at radius 2 is 1.89 bits per heavy atom. The highest BCUT2D eigenvalue weighted by Gasteiger charge is 2.34. The van der Waals surface area contributed by atoms with Gasteiger partial charge in [0.2, 0.25) is 0 Å². The van der Waals surface area contributed by atoms with Gasteiger partial charge in [-0.05, 0) is 49.3 Å². The highest BCUT2D eigenvalue weighted by Crippen LogP contribution is 2.40. The third-order valence-electron chi connectivity index (χ3n) is 4.71. The van der Waals surface area contributed by atoms with Crippen LogP contribution in [-0.4, -0.2) is 26.3 Å². The average molecular weight is 280 g/mol. The predicted octanol–water partition coefficient (Wildman–Crippen LogP) is 3.46. The maximum atomic E-state index is 6.41. The number of rotatable bonds is 2. The van der Waals surface area contributed by atoms with Crippen molar-refractivity contribution in [3.8, 4) is 0 Å². The molecule has 2 nitrogen and oxygen atoms in total. The van der Waals surface area contributed by atoms with E-state index in [0.29, 0.717) is 5.92 Å². The van der Waals surface area contributed by atoms with Crippen molar-refractivity contribution in [3.05, 3.63) is 34.9 Å². The van der Waals surface area contributed by atoms with Crippen LogP contribution in [0.1, 0.15) is 30.7 Å². The van der Waals surface area contributed by atoms with Crippen molar-refractivity contribution in [2.45, 2.75) is 25.2 Å². The lowest BCUT2D eigenvalue weighted by Gasteiger charge is -2.39. The van der Waals surface area contributed by atoms with Crippen LogP contribution in [0, 0.1) is 11.8 Å². The van der Waals surface area contributed by atoms with Crippen LogP contribution in [0.4, 0.5) is 0 Å². The van der Waals surface area contributed by atoms with Crippen molar-refractivity contribution in [3.63, 3.8) is 0 Å². The van der Waals surface area contributed by atoms with Gasteiger partial charge in [-0.1, -0.05) is 29.8 Å². The second kappa shape index (κ2) is 6.25. The normalized spacial score (nSPS) is 29.3. The summed E-state index contributed by atoms with van der Waals surface area (Å²) in [4.78, 5) is 0. The van der Waals surface area contributed by atoms with Gasteiger partial charge in [-0.2, -0.15) is 0 Å². The molecule has 3 heteroatoms. The van der Waals surface area contributed by atoms with Crippen molar-refractivity contribution >= 4 is 11.6 Å². The Morgan fingerprint density at radius 1 is 1.11 bits per heavy atom. The molecule has 2 aliphatic rings. The van der Waals surface area contributed by atoms with E-state index >= 15 is 0 Å². The summed E-state index contributed by atoms with van der Waals surface area (Å²) in [6, 6.07) is 8.35. The summed E-state index contributed by atoms with van der Waals surface area (Å²) in [5, 5.41) is 4.46. The number of nitrogens with one attached hydrogen (secondary N) is 1. The van der Waals surface area contributed by atoms with Gasteiger partial charge in [-0.15, -0.1) is 0 Å². The van der Waals surface area contributed by atoms with Crippen molar-refractivity contribution in [2.75, 3.05) is 26.3 Å². The average Bonchev–Trinajstić information content (AvgIpc) is 2.49. The first-order valence-corrected chi connectivity index (χ1v) is 7.77. The van der Waals surface area contributed by atoms with E-state index in [2.05, 4.69) is 17.4 Å². The maximum Gasteiger partial charge on any atom is 0.0468 e. The van der Waals surface area contributed by atoms with Gasteiger partial charge in [0.25, 0.3) is 0 Å². The molecule has 0 amide bonds. The van der Waals surface area contributed by atoms with Gasteiger partial charge in [-0.25, -0.2) is 0 Å². The number of hydrogen-bond acceptors (Lipinski definition) is 2. The van der Waals surface area contributed by atoms with Gasteiger partial charge < -0.3 is 10.1 Å². The molecule has 0 radical (unpaired) electrons. The molecule has 0 aliphatic carbocycles. The van der Waals surface area contributed by atoms with Gasteiger partial charge in [0.15, 0.2) is 0 Å². The fourth-order valence-corrected chi connectivity index (χ4v) is 3.98. The van der Waals surface area contributed by atoms with E-state index in [1.54, 1.807) is 0 Å². The summed E-state index contributed by atoms with van der Waals surface area (Å²) < 4.78 is 5.51. The zero-order valence-electron chi connectivity index (χ0n) is 11.3. The lowest BCUT2D eigenvalue weighted by Crippen LogP contribution is -2.40. The first-order chi connectivity index (χ1) is 9.36. The molecule has 19 heavy (non-hydrogen) atoms. The van der Waals surface area contributed by atoms with Crippen molar-refractivity contribution < 1.29 is 4.74 Å². The second-order valence-electron chi connectivity index (χ2n) is 5.73. The molecule has 1 aromatic carbocycles. The molecule has 0 aromatic heterocycles. The van der Waals surface area contributed by atoms with Crippen LogP contribution < -0.4 is 5.32 Å². The van der Waals surface area contributed by atoms with Crippen LogP contribution in [0.25, 0.3) is 0 Å². The molecule has 2 unspecified atom stereocenters. The first kappa shape index (κ1) is 13.4. The van der Waals surface area contributed by atoms with Crippen molar-refractivity contribution in [1.29, 1.82) is 0 Å². The quantitative estimate of drug-likeness (QED) is 0.895. The largest absolute Gasteiger partial charge is 0.381 e. The Kier molecular flexibility index (Phi) is 4.42. The Hall–Kier alpha value is -0.570. The molecule has 1 N–H and O–H groups in total. The van der Waals surface area contributed by atoms with E-state index in [1.165, 1.54) is 24.8 Å². The molecule has 1 aromatic rings. The Labute approximate surface area is 120 Å². The lowest BCUT2D eigenvalue weighted by molar-refractivity contribution is 0.0356. The number of halogens is 1. The number of benzene rings is 1. The zero-order chi connectivity index (χ0) is 13.1. The Bertz CT molecular complexity index is 417. The smallest absolute Gasteiger partial charge is 0.0468 e. The molecule has 0 bridgehead atoms. The molecule has 2 atom stereocenters. The summed E-state index contributed by atoms with van der Waals surface area (Å²) in [6.45, 7) is 4.07. The Morgan fingerprint density at radius 3 is 2.68 bits per heavy atom. The predicted molar refractivity (Wildman–Crippen MR) is 78.7 cm³/mol. The minimum atomic E-state index is 0.561. The van der Waals surface area contributed by atoms with Crippen LogP contribution in [0.3, 0.4) is 0 Å². The van der Waals surface area contributed by atoms with Gasteiger partial charge in [0, 0.05) is 30.7 Å². The summed E-state index contributed by atoms with van der Waals surface area (Å²) >= 11 is 6.41. The molecule has 2 heterocycles. The fourth-order valence-electron chi connectivity index (χ4n) is 3.70. The van der Waals surface area contributed by atoms with Crippen molar-refractivity contribution in [2.24, 2.45) is 11.8 Å².